The first-order chi connectivity index (χ1) is 13.3. The molecule has 0 unspecified atom stereocenters. The standard InChI is InChI=1S/C24H25N3/c1-7-25-8-2-19(1)13-22-16-23(14-20-3-9-26-10-4-20)18-24(17-22)15-21-5-11-27-12-6-21/h1-9,11,16-18,26-27H,10,12-15H2. The minimum absolute atomic E-state index is 0.917. The van der Waals surface area contributed by atoms with Crippen LogP contribution in [0.2, 0.25) is 0 Å². The molecule has 3 heterocycles. The van der Waals surface area contributed by atoms with Gasteiger partial charge in [0.2, 0.25) is 0 Å². The summed E-state index contributed by atoms with van der Waals surface area (Å²) in [5, 5.41) is 6.45. The van der Waals surface area contributed by atoms with Crippen molar-refractivity contribution in [2.75, 3.05) is 13.1 Å². The second-order valence-electron chi connectivity index (χ2n) is 7.08. The number of nitrogens with zero attached hydrogens (tertiary/aromatic N) is 1. The predicted octanol–water partition coefficient (Wildman–Crippen LogP) is 3.84. The van der Waals surface area contributed by atoms with Gasteiger partial charge in [-0.2, -0.15) is 0 Å². The van der Waals surface area contributed by atoms with Crippen molar-refractivity contribution in [1.29, 1.82) is 0 Å². The molecular formula is C24H25N3. The first-order valence-corrected chi connectivity index (χ1v) is 9.54. The van der Waals surface area contributed by atoms with E-state index in [2.05, 4.69) is 70.3 Å². The van der Waals surface area contributed by atoms with E-state index in [-0.39, 0.29) is 0 Å². The molecule has 2 aliphatic heterocycles. The van der Waals surface area contributed by atoms with Crippen molar-refractivity contribution in [3.8, 4) is 0 Å². The Morgan fingerprint density at radius 1 is 0.667 bits per heavy atom. The molecule has 0 aliphatic carbocycles. The lowest BCUT2D eigenvalue weighted by molar-refractivity contribution is 0.939. The van der Waals surface area contributed by atoms with Gasteiger partial charge in [0, 0.05) is 25.5 Å². The van der Waals surface area contributed by atoms with E-state index < -0.39 is 0 Å². The van der Waals surface area contributed by atoms with Crippen LogP contribution in [0.1, 0.15) is 22.3 Å². The van der Waals surface area contributed by atoms with Crippen LogP contribution >= 0.6 is 0 Å². The molecule has 3 heteroatoms. The Morgan fingerprint density at radius 3 is 1.67 bits per heavy atom. The van der Waals surface area contributed by atoms with Crippen molar-refractivity contribution in [2.45, 2.75) is 19.3 Å². The normalized spacial score (nSPS) is 15.6. The second-order valence-corrected chi connectivity index (χ2v) is 7.08. The predicted molar refractivity (Wildman–Crippen MR) is 111 cm³/mol. The first kappa shape index (κ1) is 17.3. The number of nitrogens with one attached hydrogen (secondary N) is 2. The monoisotopic (exact) mass is 355 g/mol. The molecule has 2 aliphatic rings. The topological polar surface area (TPSA) is 37.0 Å². The van der Waals surface area contributed by atoms with Gasteiger partial charge in [-0.1, -0.05) is 30.4 Å². The third-order valence-electron chi connectivity index (χ3n) is 4.88. The summed E-state index contributed by atoms with van der Waals surface area (Å²) in [5.41, 5.74) is 8.19. The van der Waals surface area contributed by atoms with Crippen LogP contribution in [0.15, 0.2) is 90.6 Å². The van der Waals surface area contributed by atoms with Crippen LogP contribution in [0.3, 0.4) is 0 Å². The lowest BCUT2D eigenvalue weighted by Crippen LogP contribution is -2.10. The summed E-state index contributed by atoms with van der Waals surface area (Å²) < 4.78 is 0. The van der Waals surface area contributed by atoms with E-state index in [0.29, 0.717) is 0 Å². The van der Waals surface area contributed by atoms with Crippen molar-refractivity contribution < 1.29 is 0 Å². The number of hydrogen-bond donors (Lipinski definition) is 2. The van der Waals surface area contributed by atoms with E-state index in [0.717, 1.165) is 32.4 Å². The molecule has 0 saturated heterocycles. The van der Waals surface area contributed by atoms with Crippen molar-refractivity contribution in [2.24, 2.45) is 0 Å². The maximum absolute atomic E-state index is 4.13. The molecule has 0 radical (unpaired) electrons. The van der Waals surface area contributed by atoms with Crippen LogP contribution in [0, 0.1) is 0 Å². The van der Waals surface area contributed by atoms with Gasteiger partial charge in [-0.25, -0.2) is 0 Å². The van der Waals surface area contributed by atoms with Gasteiger partial charge in [-0.15, -0.1) is 0 Å². The summed E-state index contributed by atoms with van der Waals surface area (Å²) in [6.45, 7) is 1.83. The molecule has 0 fully saturated rings. The zero-order valence-electron chi connectivity index (χ0n) is 15.5. The average molecular weight is 355 g/mol. The quantitative estimate of drug-likeness (QED) is 0.827. The zero-order chi connectivity index (χ0) is 18.3. The Kier molecular flexibility index (Phi) is 5.49. The number of aromatic nitrogens is 1. The molecule has 2 aromatic rings. The van der Waals surface area contributed by atoms with Gasteiger partial charge in [0.05, 0.1) is 0 Å². The minimum atomic E-state index is 0.917. The fraction of sp³-hybridized carbons (Fsp3) is 0.208. The lowest BCUT2D eigenvalue weighted by Gasteiger charge is -2.14. The number of dihydropyridines is 2. The van der Waals surface area contributed by atoms with E-state index in [1.807, 2.05) is 24.8 Å². The Morgan fingerprint density at radius 2 is 1.19 bits per heavy atom. The van der Waals surface area contributed by atoms with E-state index in [9.17, 15) is 0 Å². The molecule has 2 N–H and O–H groups in total. The second kappa shape index (κ2) is 8.54. The van der Waals surface area contributed by atoms with E-state index >= 15 is 0 Å². The molecule has 1 aromatic heterocycles. The minimum Gasteiger partial charge on any atom is -0.387 e. The molecule has 0 saturated carbocycles. The third-order valence-corrected chi connectivity index (χ3v) is 4.88. The molecule has 27 heavy (non-hydrogen) atoms. The highest BCUT2D eigenvalue weighted by molar-refractivity contribution is 5.40. The first-order valence-electron chi connectivity index (χ1n) is 9.54. The molecule has 0 spiro atoms. The number of rotatable bonds is 6. The maximum Gasteiger partial charge on any atom is 0.0331 e. The average Bonchev–Trinajstić information content (AvgIpc) is 2.70. The van der Waals surface area contributed by atoms with E-state index in [1.54, 1.807) is 0 Å². The fourth-order valence-corrected chi connectivity index (χ4v) is 3.60. The number of benzene rings is 1. The fourth-order valence-electron chi connectivity index (χ4n) is 3.60. The van der Waals surface area contributed by atoms with Gasteiger partial charge in [0.15, 0.2) is 0 Å². The summed E-state index contributed by atoms with van der Waals surface area (Å²) in [6, 6.07) is 11.3. The maximum atomic E-state index is 4.13. The van der Waals surface area contributed by atoms with E-state index in [1.165, 1.54) is 33.4 Å². The molecule has 1 aromatic carbocycles. The van der Waals surface area contributed by atoms with Crippen molar-refractivity contribution >= 4 is 0 Å². The van der Waals surface area contributed by atoms with Gasteiger partial charge in [-0.3, -0.25) is 4.98 Å². The van der Waals surface area contributed by atoms with Crippen LogP contribution in [-0.2, 0) is 19.3 Å². The largest absolute Gasteiger partial charge is 0.387 e. The highest BCUT2D eigenvalue weighted by atomic mass is 14.8. The summed E-state index contributed by atoms with van der Waals surface area (Å²) in [4.78, 5) is 4.13. The van der Waals surface area contributed by atoms with Crippen LogP contribution in [0.4, 0.5) is 0 Å². The van der Waals surface area contributed by atoms with Gasteiger partial charge < -0.3 is 10.6 Å². The molecule has 136 valence electrons. The summed E-state index contributed by atoms with van der Waals surface area (Å²) >= 11 is 0. The Labute approximate surface area is 161 Å². The zero-order valence-corrected chi connectivity index (χ0v) is 15.5. The van der Waals surface area contributed by atoms with Gasteiger partial charge >= 0.3 is 0 Å². The molecular weight excluding hydrogens is 330 g/mol. The van der Waals surface area contributed by atoms with Gasteiger partial charge in [0.1, 0.15) is 0 Å². The molecule has 3 nitrogen and oxygen atoms in total. The summed E-state index contributed by atoms with van der Waals surface area (Å²) in [5.74, 6) is 0. The van der Waals surface area contributed by atoms with Gasteiger partial charge in [0.25, 0.3) is 0 Å². The number of allylic oxidation sites excluding steroid dienone is 4. The SMILES string of the molecule is C1=CC(Cc2cc(CC3=CCNC=C3)cc(Cc3ccncc3)c2)=CCN1. The molecule has 0 amide bonds. The summed E-state index contributed by atoms with van der Waals surface area (Å²) in [6.07, 6.45) is 19.6. The Bertz CT molecular complexity index is 852. The molecule has 0 bridgehead atoms. The van der Waals surface area contributed by atoms with Gasteiger partial charge in [-0.05, 0) is 89.3 Å². The summed E-state index contributed by atoms with van der Waals surface area (Å²) in [7, 11) is 0. The Hall–Kier alpha value is -3.07. The van der Waals surface area contributed by atoms with Crippen LogP contribution in [-0.4, -0.2) is 18.1 Å². The van der Waals surface area contributed by atoms with Crippen LogP contribution in [0.25, 0.3) is 0 Å². The molecule has 4 rings (SSSR count). The highest BCUT2D eigenvalue weighted by Crippen LogP contribution is 2.21. The number of hydrogen-bond acceptors (Lipinski definition) is 3. The highest BCUT2D eigenvalue weighted by Gasteiger charge is 2.07. The van der Waals surface area contributed by atoms with E-state index in [4.69, 9.17) is 0 Å². The van der Waals surface area contributed by atoms with Crippen LogP contribution in [0.5, 0.6) is 0 Å². The van der Waals surface area contributed by atoms with Crippen molar-refractivity contribution in [3.05, 3.63) is 113 Å². The number of pyridine rings is 1. The molecule has 0 atom stereocenters. The van der Waals surface area contributed by atoms with Crippen molar-refractivity contribution in [3.63, 3.8) is 0 Å². The van der Waals surface area contributed by atoms with Crippen LogP contribution < -0.4 is 10.6 Å². The Balaban J connectivity index is 1.60. The lowest BCUT2D eigenvalue weighted by atomic mass is 9.93. The van der Waals surface area contributed by atoms with Crippen molar-refractivity contribution in [1.82, 2.24) is 15.6 Å². The smallest absolute Gasteiger partial charge is 0.0331 e. The third kappa shape index (κ3) is 4.98.